The van der Waals surface area contributed by atoms with Crippen LogP contribution < -0.4 is 4.90 Å². The van der Waals surface area contributed by atoms with Gasteiger partial charge in [-0.05, 0) is 53.9 Å². The number of carbonyl (C=O) groups is 2. The second-order valence-corrected chi connectivity index (χ2v) is 8.50. The Bertz CT molecular complexity index is 1150. The van der Waals surface area contributed by atoms with Crippen molar-refractivity contribution in [3.8, 4) is 0 Å². The van der Waals surface area contributed by atoms with E-state index in [0.29, 0.717) is 30.6 Å². The molecule has 0 aliphatic carbocycles. The van der Waals surface area contributed by atoms with Gasteiger partial charge in [-0.3, -0.25) is 4.79 Å². The van der Waals surface area contributed by atoms with Crippen LogP contribution in [0.4, 0.5) is 5.69 Å². The molecule has 0 radical (unpaired) electrons. The number of nitrogens with zero attached hydrogens (tertiary/aromatic N) is 2. The van der Waals surface area contributed by atoms with Crippen molar-refractivity contribution in [1.82, 2.24) is 4.90 Å². The van der Waals surface area contributed by atoms with Crippen LogP contribution in [-0.2, 0) is 11.2 Å². The van der Waals surface area contributed by atoms with Crippen molar-refractivity contribution in [2.75, 3.05) is 31.1 Å². The number of rotatable bonds is 3. The molecule has 5 nitrogen and oxygen atoms in total. The number of fused-ring (bicyclic) bond motifs is 1. The summed E-state index contributed by atoms with van der Waals surface area (Å²) < 4.78 is 5.64. The highest BCUT2D eigenvalue weighted by Crippen LogP contribution is 2.31. The van der Waals surface area contributed by atoms with Gasteiger partial charge in [0.2, 0.25) is 0 Å². The van der Waals surface area contributed by atoms with Gasteiger partial charge in [0.1, 0.15) is 6.10 Å². The number of anilines is 1. The predicted octanol–water partition coefficient (Wildman–Crippen LogP) is 4.41. The maximum atomic E-state index is 13.2. The molecule has 3 aromatic rings. The summed E-state index contributed by atoms with van der Waals surface area (Å²) in [6.45, 7) is 5.07. The van der Waals surface area contributed by atoms with E-state index in [2.05, 4.69) is 36.1 Å². The minimum atomic E-state index is -0.328. The van der Waals surface area contributed by atoms with E-state index >= 15 is 0 Å². The molecule has 1 unspecified atom stereocenters. The molecular formula is C27H26N2O3. The van der Waals surface area contributed by atoms with E-state index < -0.39 is 0 Å². The molecule has 2 heterocycles. The third-order valence-electron chi connectivity index (χ3n) is 6.33. The Hall–Kier alpha value is -3.60. The molecule has 0 spiro atoms. The first-order valence-electron chi connectivity index (χ1n) is 11.1. The van der Waals surface area contributed by atoms with Gasteiger partial charge in [0.05, 0.1) is 5.56 Å². The largest absolute Gasteiger partial charge is 0.454 e. The standard InChI is InChI=1S/C27H26N2O3/c1-19-6-5-9-23(16-19)28-12-14-29(15-13-28)26(30)21-10-11-24-22(17-21)18-25(32-27(24)31)20-7-3-2-4-8-20/h2-11,16-17,25H,12-15,18H2,1H3. The van der Waals surface area contributed by atoms with Crippen LogP contribution in [0.3, 0.4) is 0 Å². The van der Waals surface area contributed by atoms with Gasteiger partial charge in [-0.2, -0.15) is 0 Å². The van der Waals surface area contributed by atoms with Gasteiger partial charge >= 0.3 is 5.97 Å². The second kappa shape index (κ2) is 8.50. The molecule has 0 aromatic heterocycles. The van der Waals surface area contributed by atoms with Crippen LogP contribution in [0, 0.1) is 6.92 Å². The number of hydrogen-bond donors (Lipinski definition) is 0. The fraction of sp³-hybridized carbons (Fsp3) is 0.259. The fourth-order valence-electron chi connectivity index (χ4n) is 4.56. The summed E-state index contributed by atoms with van der Waals surface area (Å²) in [5, 5.41) is 0. The van der Waals surface area contributed by atoms with E-state index in [9.17, 15) is 9.59 Å². The molecule has 0 N–H and O–H groups in total. The van der Waals surface area contributed by atoms with E-state index in [1.54, 1.807) is 12.1 Å². The van der Waals surface area contributed by atoms with E-state index in [-0.39, 0.29) is 18.0 Å². The van der Waals surface area contributed by atoms with Crippen LogP contribution in [0.25, 0.3) is 0 Å². The highest BCUT2D eigenvalue weighted by Gasteiger charge is 2.29. The Morgan fingerprint density at radius 1 is 0.906 bits per heavy atom. The Morgan fingerprint density at radius 2 is 1.69 bits per heavy atom. The van der Waals surface area contributed by atoms with Gasteiger partial charge < -0.3 is 14.5 Å². The Balaban J connectivity index is 1.30. The smallest absolute Gasteiger partial charge is 0.339 e. The Labute approximate surface area is 188 Å². The summed E-state index contributed by atoms with van der Waals surface area (Å²) >= 11 is 0. The summed E-state index contributed by atoms with van der Waals surface area (Å²) in [4.78, 5) is 30.0. The lowest BCUT2D eigenvalue weighted by Gasteiger charge is -2.36. The summed E-state index contributed by atoms with van der Waals surface area (Å²) in [6, 6.07) is 23.6. The summed E-state index contributed by atoms with van der Waals surface area (Å²) in [6.07, 6.45) is 0.257. The number of aryl methyl sites for hydroxylation is 1. The molecule has 1 fully saturated rings. The fourth-order valence-corrected chi connectivity index (χ4v) is 4.56. The van der Waals surface area contributed by atoms with Crippen molar-refractivity contribution in [1.29, 1.82) is 0 Å². The average molecular weight is 427 g/mol. The number of hydrogen-bond acceptors (Lipinski definition) is 4. The zero-order valence-electron chi connectivity index (χ0n) is 18.2. The summed E-state index contributed by atoms with van der Waals surface area (Å²) in [7, 11) is 0. The topological polar surface area (TPSA) is 49.9 Å². The number of amides is 1. The van der Waals surface area contributed by atoms with E-state index in [1.807, 2.05) is 41.3 Å². The van der Waals surface area contributed by atoms with E-state index in [0.717, 1.165) is 24.2 Å². The molecule has 3 aromatic carbocycles. The quantitative estimate of drug-likeness (QED) is 0.582. The van der Waals surface area contributed by atoms with E-state index in [4.69, 9.17) is 4.74 Å². The summed E-state index contributed by atoms with van der Waals surface area (Å²) in [5.74, 6) is -0.308. The van der Waals surface area contributed by atoms with Gasteiger partial charge in [0, 0.05) is 43.9 Å². The maximum absolute atomic E-state index is 13.2. The van der Waals surface area contributed by atoms with Crippen molar-refractivity contribution < 1.29 is 14.3 Å². The van der Waals surface area contributed by atoms with Gasteiger partial charge in [-0.1, -0.05) is 42.5 Å². The van der Waals surface area contributed by atoms with Crippen LogP contribution in [0.1, 0.15) is 43.5 Å². The molecule has 1 amide bonds. The van der Waals surface area contributed by atoms with Crippen LogP contribution in [0.15, 0.2) is 72.8 Å². The highest BCUT2D eigenvalue weighted by atomic mass is 16.5. The lowest BCUT2D eigenvalue weighted by Crippen LogP contribution is -2.48. The van der Waals surface area contributed by atoms with Crippen molar-refractivity contribution in [2.24, 2.45) is 0 Å². The Kier molecular flexibility index (Phi) is 5.39. The van der Waals surface area contributed by atoms with E-state index in [1.165, 1.54) is 11.3 Å². The predicted molar refractivity (Wildman–Crippen MR) is 124 cm³/mol. The van der Waals surface area contributed by atoms with Crippen molar-refractivity contribution >= 4 is 17.6 Å². The molecule has 5 heteroatoms. The van der Waals surface area contributed by atoms with Crippen LogP contribution >= 0.6 is 0 Å². The van der Waals surface area contributed by atoms with Gasteiger partial charge in [-0.25, -0.2) is 4.79 Å². The van der Waals surface area contributed by atoms with Crippen molar-refractivity contribution in [3.63, 3.8) is 0 Å². The minimum absolute atomic E-state index is 0.0203. The number of piperazine rings is 1. The number of carbonyl (C=O) groups excluding carboxylic acids is 2. The monoisotopic (exact) mass is 426 g/mol. The molecule has 0 bridgehead atoms. The third-order valence-corrected chi connectivity index (χ3v) is 6.33. The average Bonchev–Trinajstić information content (AvgIpc) is 2.84. The molecule has 2 aliphatic rings. The van der Waals surface area contributed by atoms with Crippen LogP contribution in [0.5, 0.6) is 0 Å². The van der Waals surface area contributed by atoms with Crippen molar-refractivity contribution in [2.45, 2.75) is 19.4 Å². The van der Waals surface area contributed by atoms with Crippen molar-refractivity contribution in [3.05, 3.63) is 101 Å². The second-order valence-electron chi connectivity index (χ2n) is 8.50. The first-order valence-corrected chi connectivity index (χ1v) is 11.1. The lowest BCUT2D eigenvalue weighted by molar-refractivity contribution is 0.0252. The minimum Gasteiger partial charge on any atom is -0.454 e. The number of esters is 1. The number of benzene rings is 3. The first-order chi connectivity index (χ1) is 15.6. The highest BCUT2D eigenvalue weighted by molar-refractivity contribution is 5.98. The molecule has 1 atom stereocenters. The van der Waals surface area contributed by atoms with Gasteiger partial charge in [-0.15, -0.1) is 0 Å². The first kappa shape index (κ1) is 20.3. The molecule has 5 rings (SSSR count). The maximum Gasteiger partial charge on any atom is 0.339 e. The number of ether oxygens (including phenoxy) is 1. The van der Waals surface area contributed by atoms with Crippen LogP contribution in [0.2, 0.25) is 0 Å². The van der Waals surface area contributed by atoms with Gasteiger partial charge in [0.25, 0.3) is 5.91 Å². The molecular weight excluding hydrogens is 400 g/mol. The molecule has 0 saturated carbocycles. The lowest BCUT2D eigenvalue weighted by atomic mass is 9.93. The van der Waals surface area contributed by atoms with Crippen LogP contribution in [-0.4, -0.2) is 43.0 Å². The summed E-state index contributed by atoms with van der Waals surface area (Å²) in [5.41, 5.74) is 5.47. The Morgan fingerprint density at radius 3 is 2.44 bits per heavy atom. The normalized spacial score (nSPS) is 18.2. The molecule has 2 aliphatic heterocycles. The molecule has 162 valence electrons. The zero-order valence-corrected chi connectivity index (χ0v) is 18.2. The zero-order chi connectivity index (χ0) is 22.1. The SMILES string of the molecule is Cc1cccc(N2CCN(C(=O)c3ccc4c(c3)CC(c3ccccc3)OC4=O)CC2)c1. The third kappa shape index (κ3) is 3.98. The molecule has 32 heavy (non-hydrogen) atoms. The molecule has 1 saturated heterocycles. The van der Waals surface area contributed by atoms with Gasteiger partial charge in [0.15, 0.2) is 0 Å². The number of cyclic esters (lactones) is 1.